The van der Waals surface area contributed by atoms with Crippen molar-refractivity contribution >= 4 is 27.9 Å². The van der Waals surface area contributed by atoms with Gasteiger partial charge >= 0.3 is 0 Å². The third-order valence-electron chi connectivity index (χ3n) is 5.73. The van der Waals surface area contributed by atoms with Crippen molar-refractivity contribution in [2.75, 3.05) is 26.3 Å². The van der Waals surface area contributed by atoms with E-state index in [0.29, 0.717) is 23.2 Å². The van der Waals surface area contributed by atoms with E-state index in [1.807, 2.05) is 31.2 Å². The Labute approximate surface area is 177 Å². The standard InChI is InChI=1S/C20H23ClN4O3S/c1-2-15-22-19-25(23-15)18(26)17(29-19)16(13-3-5-14(21)6-4-13)24-9-7-20(8-10-24)27-11-12-28-20/h3-6,16,26H,2,7-12H2,1H3/t16-/m0/s1. The van der Waals surface area contributed by atoms with E-state index in [1.54, 1.807) is 4.52 Å². The normalized spacial score (nSPS) is 20.6. The molecule has 4 heterocycles. The van der Waals surface area contributed by atoms with E-state index in [0.717, 1.165) is 48.6 Å². The fraction of sp³-hybridized carbons (Fsp3) is 0.500. The molecule has 154 valence electrons. The maximum Gasteiger partial charge on any atom is 0.230 e. The maximum absolute atomic E-state index is 11.0. The van der Waals surface area contributed by atoms with Gasteiger partial charge in [0.15, 0.2) is 11.6 Å². The summed E-state index contributed by atoms with van der Waals surface area (Å²) in [6, 6.07) is 7.72. The van der Waals surface area contributed by atoms with Crippen LogP contribution >= 0.6 is 22.9 Å². The summed E-state index contributed by atoms with van der Waals surface area (Å²) in [5, 5.41) is 16.1. The van der Waals surface area contributed by atoms with Gasteiger partial charge in [-0.1, -0.05) is 42.0 Å². The summed E-state index contributed by atoms with van der Waals surface area (Å²) in [5.74, 6) is 0.451. The lowest BCUT2D eigenvalue weighted by molar-refractivity contribution is -0.187. The van der Waals surface area contributed by atoms with Gasteiger partial charge in [-0.05, 0) is 17.7 Å². The van der Waals surface area contributed by atoms with Crippen LogP contribution in [0.5, 0.6) is 5.88 Å². The number of hydrogen-bond donors (Lipinski definition) is 1. The highest BCUT2D eigenvalue weighted by atomic mass is 35.5. The Balaban J connectivity index is 1.52. The zero-order chi connectivity index (χ0) is 20.0. The van der Waals surface area contributed by atoms with Gasteiger partial charge in [0.1, 0.15) is 0 Å². The lowest BCUT2D eigenvalue weighted by atomic mass is 9.97. The summed E-state index contributed by atoms with van der Waals surface area (Å²) in [5.41, 5.74) is 1.08. The van der Waals surface area contributed by atoms with E-state index in [9.17, 15) is 5.11 Å². The molecule has 0 amide bonds. The Hall–Kier alpha value is -1.71. The molecule has 0 bridgehead atoms. The van der Waals surface area contributed by atoms with E-state index in [-0.39, 0.29) is 11.9 Å². The van der Waals surface area contributed by atoms with E-state index in [4.69, 9.17) is 21.1 Å². The number of aryl methyl sites for hydroxylation is 1. The minimum Gasteiger partial charge on any atom is -0.492 e. The molecule has 2 saturated heterocycles. The van der Waals surface area contributed by atoms with Crippen molar-refractivity contribution in [1.29, 1.82) is 0 Å². The third-order valence-corrected chi connectivity index (χ3v) is 7.06. The molecular formula is C20H23ClN4O3S. The van der Waals surface area contributed by atoms with Crippen LogP contribution in [-0.4, -0.2) is 56.7 Å². The summed E-state index contributed by atoms with van der Waals surface area (Å²) in [4.78, 5) is 8.46. The molecule has 0 unspecified atom stereocenters. The molecule has 3 aromatic rings. The van der Waals surface area contributed by atoms with Crippen molar-refractivity contribution in [3.63, 3.8) is 0 Å². The number of thiazole rings is 1. The second-order valence-corrected chi connectivity index (χ2v) is 8.91. The number of fused-ring (bicyclic) bond motifs is 1. The van der Waals surface area contributed by atoms with E-state index >= 15 is 0 Å². The number of piperidine rings is 1. The van der Waals surface area contributed by atoms with E-state index < -0.39 is 5.79 Å². The monoisotopic (exact) mass is 434 g/mol. The molecule has 2 aliphatic heterocycles. The molecule has 1 atom stereocenters. The number of nitrogens with zero attached hydrogens (tertiary/aromatic N) is 4. The quantitative estimate of drug-likeness (QED) is 0.675. The Morgan fingerprint density at radius 3 is 2.52 bits per heavy atom. The lowest BCUT2D eigenvalue weighted by Crippen LogP contribution is -2.46. The second-order valence-electron chi connectivity index (χ2n) is 7.46. The topological polar surface area (TPSA) is 72.1 Å². The Kier molecular flexibility index (Phi) is 4.99. The number of rotatable bonds is 4. The molecule has 1 spiro atoms. The number of halogens is 1. The number of aromatic nitrogens is 3. The number of ether oxygens (including phenoxy) is 2. The summed E-state index contributed by atoms with van der Waals surface area (Å²) < 4.78 is 13.3. The average Bonchev–Trinajstić information content (AvgIpc) is 3.43. The largest absolute Gasteiger partial charge is 0.492 e. The molecule has 0 radical (unpaired) electrons. The van der Waals surface area contributed by atoms with Crippen molar-refractivity contribution in [1.82, 2.24) is 19.5 Å². The molecule has 1 N–H and O–H groups in total. The SMILES string of the molecule is CCc1nc2sc([C@H](c3ccc(Cl)cc3)N3CCC4(CC3)OCCO4)c(O)n2n1. The molecular weight excluding hydrogens is 412 g/mol. The lowest BCUT2D eigenvalue weighted by Gasteiger charge is -2.41. The molecule has 29 heavy (non-hydrogen) atoms. The van der Waals surface area contributed by atoms with Crippen LogP contribution in [0.15, 0.2) is 24.3 Å². The van der Waals surface area contributed by atoms with Gasteiger partial charge in [-0.2, -0.15) is 4.52 Å². The predicted molar refractivity (Wildman–Crippen MR) is 111 cm³/mol. The van der Waals surface area contributed by atoms with E-state index in [2.05, 4.69) is 15.0 Å². The van der Waals surface area contributed by atoms with Crippen LogP contribution in [0.2, 0.25) is 5.02 Å². The molecule has 1 aromatic carbocycles. The first-order valence-electron chi connectivity index (χ1n) is 9.93. The van der Waals surface area contributed by atoms with Crippen molar-refractivity contribution in [2.45, 2.75) is 38.0 Å². The summed E-state index contributed by atoms with van der Waals surface area (Å²) >= 11 is 7.61. The molecule has 2 fully saturated rings. The Morgan fingerprint density at radius 1 is 1.21 bits per heavy atom. The van der Waals surface area contributed by atoms with Gasteiger partial charge in [0.05, 0.1) is 24.1 Å². The van der Waals surface area contributed by atoms with Crippen molar-refractivity contribution < 1.29 is 14.6 Å². The minimum atomic E-state index is -0.440. The Morgan fingerprint density at radius 2 is 1.90 bits per heavy atom. The summed E-state index contributed by atoms with van der Waals surface area (Å²) in [6.07, 6.45) is 2.34. The molecule has 2 aliphatic rings. The van der Waals surface area contributed by atoms with E-state index in [1.165, 1.54) is 11.3 Å². The fourth-order valence-electron chi connectivity index (χ4n) is 4.20. The fourth-order valence-corrected chi connectivity index (χ4v) is 5.46. The van der Waals surface area contributed by atoms with Gasteiger partial charge in [0, 0.05) is 37.4 Å². The maximum atomic E-state index is 11.0. The second kappa shape index (κ2) is 7.52. The minimum absolute atomic E-state index is 0.107. The molecule has 0 saturated carbocycles. The van der Waals surface area contributed by atoms with Gasteiger partial charge in [0.25, 0.3) is 0 Å². The van der Waals surface area contributed by atoms with Crippen molar-refractivity contribution in [3.8, 4) is 5.88 Å². The van der Waals surface area contributed by atoms with Crippen molar-refractivity contribution in [3.05, 3.63) is 45.6 Å². The van der Waals surface area contributed by atoms with Crippen LogP contribution in [0, 0.1) is 0 Å². The Bertz CT molecular complexity index is 1000. The molecule has 0 aliphatic carbocycles. The smallest absolute Gasteiger partial charge is 0.230 e. The first-order chi connectivity index (χ1) is 14.1. The average molecular weight is 435 g/mol. The van der Waals surface area contributed by atoms with Crippen LogP contribution in [0.25, 0.3) is 4.96 Å². The number of benzene rings is 1. The summed E-state index contributed by atoms with van der Waals surface area (Å²) in [7, 11) is 0. The zero-order valence-electron chi connectivity index (χ0n) is 16.2. The van der Waals surface area contributed by atoms with Crippen LogP contribution in [0.3, 0.4) is 0 Å². The molecule has 5 rings (SSSR count). The van der Waals surface area contributed by atoms with Gasteiger partial charge in [-0.15, -0.1) is 5.10 Å². The highest BCUT2D eigenvalue weighted by Crippen LogP contribution is 2.43. The molecule has 9 heteroatoms. The summed E-state index contributed by atoms with van der Waals surface area (Å²) in [6.45, 7) is 4.94. The van der Waals surface area contributed by atoms with Gasteiger partial charge < -0.3 is 14.6 Å². The van der Waals surface area contributed by atoms with Gasteiger partial charge in [-0.3, -0.25) is 4.90 Å². The first-order valence-corrected chi connectivity index (χ1v) is 11.1. The first kappa shape index (κ1) is 19.3. The molecule has 2 aromatic heterocycles. The van der Waals surface area contributed by atoms with Gasteiger partial charge in [-0.25, -0.2) is 4.98 Å². The van der Waals surface area contributed by atoms with Crippen molar-refractivity contribution in [2.24, 2.45) is 0 Å². The van der Waals surface area contributed by atoms with Crippen LogP contribution in [-0.2, 0) is 15.9 Å². The third kappa shape index (κ3) is 3.43. The number of hydrogen-bond acceptors (Lipinski definition) is 7. The molecule has 7 nitrogen and oxygen atoms in total. The van der Waals surface area contributed by atoms with Gasteiger partial charge in [0.2, 0.25) is 10.8 Å². The van der Waals surface area contributed by atoms with Crippen LogP contribution in [0.1, 0.15) is 42.1 Å². The highest BCUT2D eigenvalue weighted by Gasteiger charge is 2.42. The van der Waals surface area contributed by atoms with Crippen LogP contribution in [0.4, 0.5) is 0 Å². The highest BCUT2D eigenvalue weighted by molar-refractivity contribution is 7.17. The number of aromatic hydroxyl groups is 1. The van der Waals surface area contributed by atoms with Crippen LogP contribution < -0.4 is 0 Å². The predicted octanol–water partition coefficient (Wildman–Crippen LogP) is 3.64. The number of likely N-dealkylation sites (tertiary alicyclic amines) is 1. The zero-order valence-corrected chi connectivity index (χ0v) is 17.7.